The van der Waals surface area contributed by atoms with Crippen molar-refractivity contribution in [2.45, 2.75) is 30.4 Å². The van der Waals surface area contributed by atoms with Crippen LogP contribution in [0, 0.1) is 30.6 Å². The summed E-state index contributed by atoms with van der Waals surface area (Å²) < 4.78 is 34.8. The van der Waals surface area contributed by atoms with E-state index in [1.54, 1.807) is 19.1 Å². The molecule has 2 aromatic rings. The number of nitriles is 1. The third kappa shape index (κ3) is 3.76. The number of carbonyl (C=O) groups is 1. The lowest BCUT2D eigenvalue weighted by Gasteiger charge is -2.26. The average molecular weight is 428 g/mol. The molecule has 0 spiro atoms. The molecule has 3 rings (SSSR count). The van der Waals surface area contributed by atoms with Crippen LogP contribution >= 0.6 is 0 Å². The fourth-order valence-electron chi connectivity index (χ4n) is 3.01. The number of aryl methyl sites for hydroxylation is 2. The summed E-state index contributed by atoms with van der Waals surface area (Å²) >= 11 is 0. The first-order chi connectivity index (χ1) is 14.0. The lowest BCUT2D eigenvalue weighted by Crippen LogP contribution is -2.52. The quantitative estimate of drug-likeness (QED) is 0.622. The van der Waals surface area contributed by atoms with Crippen molar-refractivity contribution in [1.29, 1.82) is 5.26 Å². The Bertz CT molecular complexity index is 1220. The molecular weight excluding hydrogens is 408 g/mol. The van der Waals surface area contributed by atoms with E-state index >= 15 is 0 Å². The predicted octanol–water partition coefficient (Wildman–Crippen LogP) is 0.881. The Balaban J connectivity index is 1.99. The average Bonchev–Trinajstić information content (AvgIpc) is 2.97. The third-order valence-electron chi connectivity index (χ3n) is 4.89. The number of anilines is 1. The molecule has 2 atom stereocenters. The number of ether oxygens (including phenoxy) is 1. The van der Waals surface area contributed by atoms with Crippen LogP contribution < -0.4 is 14.8 Å². The summed E-state index contributed by atoms with van der Waals surface area (Å²) in [5, 5.41) is 22.1. The van der Waals surface area contributed by atoms with Crippen LogP contribution in [-0.2, 0) is 17.1 Å². The number of benzene rings is 1. The first-order valence-corrected chi connectivity index (χ1v) is 10.3. The maximum absolute atomic E-state index is 12.9. The van der Waals surface area contributed by atoms with Gasteiger partial charge < -0.3 is 19.7 Å². The summed E-state index contributed by atoms with van der Waals surface area (Å²) in [6.07, 6.45) is 6.54. The van der Waals surface area contributed by atoms with Gasteiger partial charge in [0.1, 0.15) is 17.1 Å². The van der Waals surface area contributed by atoms with Gasteiger partial charge in [0, 0.05) is 18.9 Å². The van der Waals surface area contributed by atoms with Crippen LogP contribution in [0.1, 0.15) is 28.5 Å². The SMILES string of the molecule is C#C[C@@](C)(O)[C@H]1COc2c(cn(C)c2C(=O)Nc2ccc(C)c(C#N)c2)S(=O)(=O)N1. The van der Waals surface area contributed by atoms with Crippen molar-refractivity contribution in [2.75, 3.05) is 11.9 Å². The summed E-state index contributed by atoms with van der Waals surface area (Å²) in [6, 6.07) is 5.77. The molecule has 0 unspecified atom stereocenters. The van der Waals surface area contributed by atoms with Gasteiger partial charge in [0.15, 0.2) is 11.4 Å². The van der Waals surface area contributed by atoms with Crippen molar-refractivity contribution in [3.63, 3.8) is 0 Å². The van der Waals surface area contributed by atoms with Gasteiger partial charge in [-0.25, -0.2) is 13.1 Å². The number of hydrogen-bond acceptors (Lipinski definition) is 6. The first-order valence-electron chi connectivity index (χ1n) is 8.87. The van der Waals surface area contributed by atoms with Crippen LogP contribution in [0.2, 0.25) is 0 Å². The van der Waals surface area contributed by atoms with Crippen LogP contribution in [0.25, 0.3) is 0 Å². The third-order valence-corrected chi connectivity index (χ3v) is 6.35. The molecule has 1 aliphatic heterocycles. The fraction of sp³-hybridized carbons (Fsp3) is 0.300. The van der Waals surface area contributed by atoms with Gasteiger partial charge in [-0.15, -0.1) is 6.42 Å². The Morgan fingerprint density at radius 1 is 1.50 bits per heavy atom. The summed E-state index contributed by atoms with van der Waals surface area (Å²) in [7, 11) is -2.61. The van der Waals surface area contributed by atoms with Gasteiger partial charge in [-0.05, 0) is 31.5 Å². The number of fused-ring (bicyclic) bond motifs is 1. The zero-order valence-corrected chi connectivity index (χ0v) is 17.4. The number of amides is 1. The number of terminal acetylenes is 1. The number of nitrogens with zero attached hydrogens (tertiary/aromatic N) is 2. The lowest BCUT2D eigenvalue weighted by atomic mass is 9.99. The highest BCUT2D eigenvalue weighted by atomic mass is 32.2. The molecule has 0 bridgehead atoms. The van der Waals surface area contributed by atoms with Crippen molar-refractivity contribution in [2.24, 2.45) is 7.05 Å². The maximum atomic E-state index is 12.9. The van der Waals surface area contributed by atoms with Gasteiger partial charge >= 0.3 is 0 Å². The number of rotatable bonds is 3. The fourth-order valence-corrected chi connectivity index (χ4v) is 4.51. The molecule has 0 radical (unpaired) electrons. The number of nitrogens with one attached hydrogen (secondary N) is 2. The first kappa shape index (κ1) is 21.4. The topological polar surface area (TPSA) is 133 Å². The number of sulfonamides is 1. The highest BCUT2D eigenvalue weighted by molar-refractivity contribution is 7.89. The molecule has 10 heteroatoms. The van der Waals surface area contributed by atoms with E-state index in [1.165, 1.54) is 30.8 Å². The second kappa shape index (κ2) is 7.50. The minimum Gasteiger partial charge on any atom is -0.488 e. The van der Waals surface area contributed by atoms with Crippen LogP contribution in [0.4, 0.5) is 5.69 Å². The van der Waals surface area contributed by atoms with Gasteiger partial charge in [0.25, 0.3) is 5.91 Å². The molecule has 1 aromatic carbocycles. The monoisotopic (exact) mass is 428 g/mol. The molecule has 0 aliphatic carbocycles. The van der Waals surface area contributed by atoms with Crippen LogP contribution in [0.5, 0.6) is 5.75 Å². The van der Waals surface area contributed by atoms with Gasteiger partial charge in [-0.1, -0.05) is 12.0 Å². The molecule has 0 saturated carbocycles. The van der Waals surface area contributed by atoms with Crippen molar-refractivity contribution in [1.82, 2.24) is 9.29 Å². The number of hydrogen-bond donors (Lipinski definition) is 3. The molecule has 9 nitrogen and oxygen atoms in total. The summed E-state index contributed by atoms with van der Waals surface area (Å²) in [5.74, 6) is 1.36. The van der Waals surface area contributed by atoms with Crippen LogP contribution in [-0.4, -0.2) is 42.2 Å². The van der Waals surface area contributed by atoms with E-state index < -0.39 is 27.6 Å². The molecule has 0 saturated heterocycles. The molecule has 156 valence electrons. The van der Waals surface area contributed by atoms with Gasteiger partial charge in [0.2, 0.25) is 10.0 Å². The molecule has 2 heterocycles. The zero-order chi connectivity index (χ0) is 22.3. The summed E-state index contributed by atoms with van der Waals surface area (Å²) in [5.41, 5.74) is -0.289. The molecule has 1 aliphatic rings. The second-order valence-corrected chi connectivity index (χ2v) is 8.84. The minimum atomic E-state index is -4.12. The zero-order valence-electron chi connectivity index (χ0n) is 16.6. The molecule has 3 N–H and O–H groups in total. The number of carbonyl (C=O) groups excluding carboxylic acids is 1. The van der Waals surface area contributed by atoms with Crippen molar-refractivity contribution in [3.05, 3.63) is 41.2 Å². The Labute approximate surface area is 174 Å². The number of aliphatic hydroxyl groups is 1. The van der Waals surface area contributed by atoms with E-state index in [0.717, 1.165) is 5.56 Å². The Hall–Kier alpha value is -3.31. The van der Waals surface area contributed by atoms with Crippen LogP contribution in [0.3, 0.4) is 0 Å². The van der Waals surface area contributed by atoms with Gasteiger partial charge in [-0.2, -0.15) is 5.26 Å². The molecule has 30 heavy (non-hydrogen) atoms. The molecule has 0 fully saturated rings. The van der Waals surface area contributed by atoms with E-state index in [2.05, 4.69) is 16.0 Å². The van der Waals surface area contributed by atoms with E-state index in [0.29, 0.717) is 11.3 Å². The highest BCUT2D eigenvalue weighted by Gasteiger charge is 2.40. The summed E-state index contributed by atoms with van der Waals surface area (Å²) in [6.45, 7) is 2.78. The van der Waals surface area contributed by atoms with E-state index in [1.807, 2.05) is 6.07 Å². The van der Waals surface area contributed by atoms with E-state index in [9.17, 15) is 18.3 Å². The Morgan fingerprint density at radius 2 is 2.20 bits per heavy atom. The van der Waals surface area contributed by atoms with E-state index in [-0.39, 0.29) is 22.9 Å². The van der Waals surface area contributed by atoms with Crippen LogP contribution in [0.15, 0.2) is 29.3 Å². The maximum Gasteiger partial charge on any atom is 0.276 e. The highest BCUT2D eigenvalue weighted by Crippen LogP contribution is 2.34. The lowest BCUT2D eigenvalue weighted by molar-refractivity contribution is 0.0640. The second-order valence-electron chi connectivity index (χ2n) is 7.15. The van der Waals surface area contributed by atoms with Crippen molar-refractivity contribution >= 4 is 21.6 Å². The van der Waals surface area contributed by atoms with Crippen molar-refractivity contribution in [3.8, 4) is 24.2 Å². The predicted molar refractivity (Wildman–Crippen MR) is 108 cm³/mol. The van der Waals surface area contributed by atoms with Crippen molar-refractivity contribution < 1.29 is 23.1 Å². The standard InChI is InChI=1S/C20H20N4O5S/c1-5-20(3,26)16-11-29-18-15(30(27,28)23-16)10-24(4)17(18)19(25)22-14-7-6-12(2)13(8-14)9-21/h1,6-8,10,16,23,26H,11H2,2-4H3,(H,22,25)/t16-,20-/m1/s1. The Morgan fingerprint density at radius 3 is 2.83 bits per heavy atom. The Kier molecular flexibility index (Phi) is 5.35. The largest absolute Gasteiger partial charge is 0.488 e. The minimum absolute atomic E-state index is 0.0320. The normalized spacial score (nSPS) is 19.2. The smallest absolute Gasteiger partial charge is 0.276 e. The summed E-state index contributed by atoms with van der Waals surface area (Å²) in [4.78, 5) is 12.7. The molecule has 1 aromatic heterocycles. The molecular formula is C20H20N4O5S. The number of aromatic nitrogens is 1. The van der Waals surface area contributed by atoms with Gasteiger partial charge in [-0.3, -0.25) is 4.79 Å². The van der Waals surface area contributed by atoms with E-state index in [4.69, 9.17) is 16.4 Å². The molecule has 1 amide bonds. The van der Waals surface area contributed by atoms with Gasteiger partial charge in [0.05, 0.1) is 17.7 Å².